The van der Waals surface area contributed by atoms with E-state index in [1.807, 2.05) is 0 Å². The normalized spacial score (nSPS) is 9.94. The highest BCUT2D eigenvalue weighted by Crippen LogP contribution is 2.15. The summed E-state index contributed by atoms with van der Waals surface area (Å²) in [5.41, 5.74) is 0.0473. The Bertz CT molecular complexity index is 560. The van der Waals surface area contributed by atoms with Crippen molar-refractivity contribution in [3.8, 4) is 5.75 Å². The number of aromatic nitrogens is 2. The van der Waals surface area contributed by atoms with Crippen molar-refractivity contribution in [1.82, 2.24) is 9.97 Å². The lowest BCUT2D eigenvalue weighted by Gasteiger charge is -2.05. The van der Waals surface area contributed by atoms with Crippen molar-refractivity contribution in [3.05, 3.63) is 48.2 Å². The molecule has 0 aliphatic rings. The molecule has 2 heterocycles. The molecule has 0 fully saturated rings. The van der Waals surface area contributed by atoms with Gasteiger partial charge in [-0.3, -0.25) is 9.78 Å². The number of halogens is 1. The Balaban J connectivity index is 2.20. The molecule has 0 unspecified atom stereocenters. The van der Waals surface area contributed by atoms with Gasteiger partial charge in [-0.15, -0.1) is 0 Å². The van der Waals surface area contributed by atoms with Gasteiger partial charge in [-0.05, 0) is 18.2 Å². The van der Waals surface area contributed by atoms with Gasteiger partial charge in [0.05, 0.1) is 11.8 Å². The van der Waals surface area contributed by atoms with Gasteiger partial charge in [-0.1, -0.05) is 6.07 Å². The van der Waals surface area contributed by atoms with Crippen molar-refractivity contribution >= 4 is 11.7 Å². The first-order valence-corrected chi connectivity index (χ1v) is 4.74. The Morgan fingerprint density at radius 2 is 2.18 bits per heavy atom. The molecule has 17 heavy (non-hydrogen) atoms. The largest absolute Gasteiger partial charge is 0.505 e. The molecule has 2 aromatic heterocycles. The quantitative estimate of drug-likeness (QED) is 0.772. The predicted octanol–water partition coefficient (Wildman–Crippen LogP) is 1.57. The number of hydrogen-bond acceptors (Lipinski definition) is 4. The molecule has 2 N–H and O–H groups in total. The van der Waals surface area contributed by atoms with E-state index in [-0.39, 0.29) is 17.1 Å². The van der Waals surface area contributed by atoms with Crippen LogP contribution in [0.3, 0.4) is 0 Å². The van der Waals surface area contributed by atoms with Gasteiger partial charge in [0.2, 0.25) is 5.95 Å². The van der Waals surface area contributed by atoms with Crippen molar-refractivity contribution in [1.29, 1.82) is 0 Å². The molecule has 0 spiro atoms. The van der Waals surface area contributed by atoms with Crippen LogP contribution in [0.4, 0.5) is 10.2 Å². The Hall–Kier alpha value is -2.50. The molecule has 0 saturated heterocycles. The van der Waals surface area contributed by atoms with Gasteiger partial charge in [0.15, 0.2) is 0 Å². The van der Waals surface area contributed by atoms with E-state index in [0.717, 1.165) is 6.20 Å². The van der Waals surface area contributed by atoms with Crippen LogP contribution < -0.4 is 5.32 Å². The van der Waals surface area contributed by atoms with E-state index in [1.54, 1.807) is 0 Å². The van der Waals surface area contributed by atoms with Crippen LogP contribution in [0.25, 0.3) is 0 Å². The molecule has 0 bridgehead atoms. The maximum atomic E-state index is 12.8. The number of carbonyl (C=O) groups excluding carboxylic acids is 1. The molecule has 0 aliphatic carbocycles. The Morgan fingerprint density at radius 3 is 2.88 bits per heavy atom. The molecule has 6 heteroatoms. The summed E-state index contributed by atoms with van der Waals surface area (Å²) in [7, 11) is 0. The Labute approximate surface area is 96.0 Å². The zero-order valence-corrected chi connectivity index (χ0v) is 8.59. The number of aromatic hydroxyl groups is 1. The minimum Gasteiger partial charge on any atom is -0.505 e. The van der Waals surface area contributed by atoms with Gasteiger partial charge in [0, 0.05) is 6.20 Å². The Morgan fingerprint density at radius 1 is 1.35 bits per heavy atom. The van der Waals surface area contributed by atoms with Crippen LogP contribution in [0.5, 0.6) is 5.75 Å². The fraction of sp³-hybridized carbons (Fsp3) is 0. The van der Waals surface area contributed by atoms with E-state index in [9.17, 15) is 14.3 Å². The van der Waals surface area contributed by atoms with Crippen LogP contribution in [-0.2, 0) is 0 Å². The summed E-state index contributed by atoms with van der Waals surface area (Å²) in [6.07, 6.45) is 2.52. The van der Waals surface area contributed by atoms with Gasteiger partial charge < -0.3 is 10.4 Å². The van der Waals surface area contributed by atoms with Gasteiger partial charge >= 0.3 is 0 Å². The van der Waals surface area contributed by atoms with Crippen LogP contribution >= 0.6 is 0 Å². The SMILES string of the molecule is O=C(Nc1cccc(F)n1)c1ccncc1O. The summed E-state index contributed by atoms with van der Waals surface area (Å²) in [6, 6.07) is 5.38. The molecule has 1 amide bonds. The topological polar surface area (TPSA) is 75.1 Å². The number of anilines is 1. The third kappa shape index (κ3) is 2.54. The van der Waals surface area contributed by atoms with Gasteiger partial charge in [0.25, 0.3) is 5.91 Å². The average Bonchev–Trinajstić information content (AvgIpc) is 2.29. The number of nitrogens with one attached hydrogen (secondary N) is 1. The monoisotopic (exact) mass is 233 g/mol. The van der Waals surface area contributed by atoms with Crippen LogP contribution in [0.1, 0.15) is 10.4 Å². The third-order valence-corrected chi connectivity index (χ3v) is 2.00. The van der Waals surface area contributed by atoms with E-state index in [1.165, 1.54) is 30.5 Å². The van der Waals surface area contributed by atoms with E-state index in [2.05, 4.69) is 15.3 Å². The number of nitrogens with zero attached hydrogens (tertiary/aromatic N) is 2. The second kappa shape index (κ2) is 4.56. The number of carbonyl (C=O) groups is 1. The van der Waals surface area contributed by atoms with Crippen molar-refractivity contribution in [2.75, 3.05) is 5.32 Å². The molecular weight excluding hydrogens is 225 g/mol. The van der Waals surface area contributed by atoms with Crippen LogP contribution in [0.15, 0.2) is 36.7 Å². The summed E-state index contributed by atoms with van der Waals surface area (Å²) in [5.74, 6) is -1.45. The first-order chi connectivity index (χ1) is 8.16. The number of pyridine rings is 2. The first kappa shape index (κ1) is 11.0. The number of rotatable bonds is 2. The van der Waals surface area contributed by atoms with Gasteiger partial charge in [-0.2, -0.15) is 4.39 Å². The van der Waals surface area contributed by atoms with Crippen LogP contribution in [-0.4, -0.2) is 21.0 Å². The fourth-order valence-electron chi connectivity index (χ4n) is 1.24. The van der Waals surface area contributed by atoms with E-state index < -0.39 is 11.9 Å². The lowest BCUT2D eigenvalue weighted by molar-refractivity contribution is 0.102. The van der Waals surface area contributed by atoms with Crippen molar-refractivity contribution in [2.24, 2.45) is 0 Å². The van der Waals surface area contributed by atoms with Gasteiger partial charge in [-0.25, -0.2) is 4.98 Å². The molecule has 86 valence electrons. The zero-order chi connectivity index (χ0) is 12.3. The maximum Gasteiger partial charge on any atom is 0.260 e. The molecule has 0 atom stereocenters. The lowest BCUT2D eigenvalue weighted by Crippen LogP contribution is -2.13. The smallest absolute Gasteiger partial charge is 0.260 e. The molecule has 0 aromatic carbocycles. The third-order valence-electron chi connectivity index (χ3n) is 2.00. The molecule has 2 rings (SSSR count). The van der Waals surface area contributed by atoms with Gasteiger partial charge in [0.1, 0.15) is 11.6 Å². The average molecular weight is 233 g/mol. The number of amides is 1. The second-order valence-electron chi connectivity index (χ2n) is 3.19. The Kier molecular flexibility index (Phi) is 2.95. The minimum absolute atomic E-state index is 0.0473. The lowest BCUT2D eigenvalue weighted by atomic mass is 10.2. The van der Waals surface area contributed by atoms with E-state index in [0.29, 0.717) is 0 Å². The molecule has 5 nitrogen and oxygen atoms in total. The van der Waals surface area contributed by atoms with Crippen LogP contribution in [0, 0.1) is 5.95 Å². The standard InChI is InChI=1S/C11H8FN3O2/c12-9-2-1-3-10(14-9)15-11(17)7-4-5-13-6-8(7)16/h1-6,16H,(H,14,15,17). The highest BCUT2D eigenvalue weighted by molar-refractivity contribution is 6.05. The molecule has 0 aliphatic heterocycles. The molecular formula is C11H8FN3O2. The van der Waals surface area contributed by atoms with E-state index >= 15 is 0 Å². The summed E-state index contributed by atoms with van der Waals surface area (Å²) in [6.45, 7) is 0. The molecule has 0 radical (unpaired) electrons. The minimum atomic E-state index is -0.693. The molecule has 0 saturated carbocycles. The number of hydrogen-bond donors (Lipinski definition) is 2. The fourth-order valence-corrected chi connectivity index (χ4v) is 1.24. The van der Waals surface area contributed by atoms with Crippen molar-refractivity contribution < 1.29 is 14.3 Å². The maximum absolute atomic E-state index is 12.8. The summed E-state index contributed by atoms with van der Waals surface area (Å²) < 4.78 is 12.8. The molecule has 2 aromatic rings. The predicted molar refractivity (Wildman–Crippen MR) is 58.1 cm³/mol. The highest BCUT2D eigenvalue weighted by atomic mass is 19.1. The van der Waals surface area contributed by atoms with Crippen LogP contribution in [0.2, 0.25) is 0 Å². The van der Waals surface area contributed by atoms with Crippen molar-refractivity contribution in [3.63, 3.8) is 0 Å². The first-order valence-electron chi connectivity index (χ1n) is 4.74. The van der Waals surface area contributed by atoms with Crippen molar-refractivity contribution in [2.45, 2.75) is 0 Å². The summed E-state index contributed by atoms with van der Waals surface area (Å²) in [5, 5.41) is 11.8. The zero-order valence-electron chi connectivity index (χ0n) is 8.59. The summed E-state index contributed by atoms with van der Waals surface area (Å²) in [4.78, 5) is 18.8. The highest BCUT2D eigenvalue weighted by Gasteiger charge is 2.11. The second-order valence-corrected chi connectivity index (χ2v) is 3.19. The van der Waals surface area contributed by atoms with E-state index in [4.69, 9.17) is 0 Å². The summed E-state index contributed by atoms with van der Waals surface area (Å²) >= 11 is 0.